The lowest BCUT2D eigenvalue weighted by molar-refractivity contribution is 0.397. The van der Waals surface area contributed by atoms with E-state index in [1.807, 2.05) is 0 Å². The Morgan fingerprint density at radius 1 is 1.05 bits per heavy atom. The third-order valence-corrected chi connectivity index (χ3v) is 3.15. The summed E-state index contributed by atoms with van der Waals surface area (Å²) in [6.07, 6.45) is 12.4. The Hall–Kier alpha value is -1.32. The summed E-state index contributed by atoms with van der Waals surface area (Å²) in [5, 5.41) is 3.23. The van der Waals surface area contributed by atoms with Crippen LogP contribution in [0.5, 0.6) is 5.88 Å². The van der Waals surface area contributed by atoms with Crippen molar-refractivity contribution < 1.29 is 4.74 Å². The van der Waals surface area contributed by atoms with E-state index in [2.05, 4.69) is 22.2 Å². The highest BCUT2D eigenvalue weighted by Gasteiger charge is 1.97. The summed E-state index contributed by atoms with van der Waals surface area (Å²) < 4.78 is 5.06. The third kappa shape index (κ3) is 7.65. The quantitative estimate of drug-likeness (QED) is 0.613. The fourth-order valence-electron chi connectivity index (χ4n) is 2.00. The molecule has 19 heavy (non-hydrogen) atoms. The largest absolute Gasteiger partial charge is 0.481 e. The van der Waals surface area contributed by atoms with Crippen molar-refractivity contribution in [2.45, 2.75) is 58.3 Å². The van der Waals surface area contributed by atoms with E-state index in [-0.39, 0.29) is 0 Å². The van der Waals surface area contributed by atoms with Crippen molar-refractivity contribution in [1.82, 2.24) is 9.97 Å². The summed E-state index contributed by atoms with van der Waals surface area (Å²) in [6.45, 7) is 3.19. The van der Waals surface area contributed by atoms with Gasteiger partial charge >= 0.3 is 0 Å². The van der Waals surface area contributed by atoms with Crippen molar-refractivity contribution in [2.75, 3.05) is 19.0 Å². The molecule has 1 rings (SSSR count). The Bertz CT molecular complexity index is 331. The normalized spacial score (nSPS) is 10.4. The second kappa shape index (κ2) is 10.6. The molecule has 1 N–H and O–H groups in total. The van der Waals surface area contributed by atoms with Crippen molar-refractivity contribution in [3.8, 4) is 5.88 Å². The van der Waals surface area contributed by atoms with Gasteiger partial charge in [-0.2, -0.15) is 4.98 Å². The molecule has 108 valence electrons. The molecule has 1 heterocycles. The fourth-order valence-corrected chi connectivity index (χ4v) is 2.00. The Labute approximate surface area is 117 Å². The zero-order chi connectivity index (χ0) is 13.8. The average molecular weight is 265 g/mol. The highest BCUT2D eigenvalue weighted by atomic mass is 16.5. The SMILES string of the molecule is CCCCCCCCCCNc1nccc(OC)n1. The van der Waals surface area contributed by atoms with Gasteiger partial charge in [0.05, 0.1) is 7.11 Å². The van der Waals surface area contributed by atoms with Crippen molar-refractivity contribution in [3.63, 3.8) is 0 Å². The minimum Gasteiger partial charge on any atom is -0.481 e. The highest BCUT2D eigenvalue weighted by Crippen LogP contribution is 2.09. The summed E-state index contributed by atoms with van der Waals surface area (Å²) in [5.74, 6) is 1.26. The summed E-state index contributed by atoms with van der Waals surface area (Å²) >= 11 is 0. The Morgan fingerprint density at radius 3 is 2.42 bits per heavy atom. The molecule has 0 bridgehead atoms. The average Bonchev–Trinajstić information content (AvgIpc) is 2.46. The zero-order valence-corrected chi connectivity index (χ0v) is 12.3. The van der Waals surface area contributed by atoms with E-state index in [4.69, 9.17) is 4.74 Å². The molecule has 0 aromatic carbocycles. The number of ether oxygens (including phenoxy) is 1. The summed E-state index contributed by atoms with van der Waals surface area (Å²) in [6, 6.07) is 1.75. The van der Waals surface area contributed by atoms with E-state index >= 15 is 0 Å². The van der Waals surface area contributed by atoms with Crippen LogP contribution in [0.4, 0.5) is 5.95 Å². The number of unbranched alkanes of at least 4 members (excludes halogenated alkanes) is 7. The number of nitrogens with one attached hydrogen (secondary N) is 1. The van der Waals surface area contributed by atoms with Gasteiger partial charge in [0.25, 0.3) is 0 Å². The fraction of sp³-hybridized carbons (Fsp3) is 0.733. The summed E-state index contributed by atoms with van der Waals surface area (Å²) in [4.78, 5) is 8.37. The molecule has 4 heteroatoms. The lowest BCUT2D eigenvalue weighted by Gasteiger charge is -2.05. The molecule has 0 unspecified atom stereocenters. The number of anilines is 1. The number of hydrogen-bond donors (Lipinski definition) is 1. The van der Waals surface area contributed by atoms with Crippen molar-refractivity contribution in [1.29, 1.82) is 0 Å². The Morgan fingerprint density at radius 2 is 1.74 bits per heavy atom. The van der Waals surface area contributed by atoms with Crippen LogP contribution in [0.2, 0.25) is 0 Å². The molecule has 0 aliphatic heterocycles. The number of nitrogens with zero attached hydrogens (tertiary/aromatic N) is 2. The molecular weight excluding hydrogens is 238 g/mol. The predicted octanol–water partition coefficient (Wildman–Crippen LogP) is 4.04. The molecule has 0 atom stereocenters. The zero-order valence-electron chi connectivity index (χ0n) is 12.3. The van der Waals surface area contributed by atoms with E-state index in [0.717, 1.165) is 6.54 Å². The molecule has 0 aliphatic carbocycles. The Balaban J connectivity index is 1.98. The lowest BCUT2D eigenvalue weighted by Crippen LogP contribution is -2.05. The van der Waals surface area contributed by atoms with Gasteiger partial charge < -0.3 is 10.1 Å². The van der Waals surface area contributed by atoms with E-state index in [1.165, 1.54) is 51.4 Å². The van der Waals surface area contributed by atoms with Gasteiger partial charge in [-0.15, -0.1) is 0 Å². The molecule has 1 aromatic heterocycles. The Kier molecular flexibility index (Phi) is 8.77. The smallest absolute Gasteiger partial charge is 0.225 e. The van der Waals surface area contributed by atoms with E-state index < -0.39 is 0 Å². The van der Waals surface area contributed by atoms with Gasteiger partial charge in [0.1, 0.15) is 0 Å². The van der Waals surface area contributed by atoms with E-state index in [1.54, 1.807) is 19.4 Å². The van der Waals surface area contributed by atoms with Crippen LogP contribution in [0.15, 0.2) is 12.3 Å². The molecule has 0 saturated heterocycles. The molecule has 0 radical (unpaired) electrons. The maximum Gasteiger partial charge on any atom is 0.225 e. The van der Waals surface area contributed by atoms with Gasteiger partial charge in [-0.1, -0.05) is 51.9 Å². The maximum absolute atomic E-state index is 5.06. The van der Waals surface area contributed by atoms with Gasteiger partial charge in [0.2, 0.25) is 11.8 Å². The van der Waals surface area contributed by atoms with Crippen LogP contribution in [0, 0.1) is 0 Å². The first-order chi connectivity index (χ1) is 9.36. The molecule has 0 amide bonds. The van der Waals surface area contributed by atoms with E-state index in [9.17, 15) is 0 Å². The molecule has 0 aliphatic rings. The minimum absolute atomic E-state index is 0.605. The minimum atomic E-state index is 0.605. The third-order valence-electron chi connectivity index (χ3n) is 3.15. The first-order valence-electron chi connectivity index (χ1n) is 7.47. The number of methoxy groups -OCH3 is 1. The molecular formula is C15H27N3O. The monoisotopic (exact) mass is 265 g/mol. The second-order valence-electron chi connectivity index (χ2n) is 4.82. The standard InChI is InChI=1S/C15H27N3O/c1-3-4-5-6-7-8-9-10-12-16-15-17-13-11-14(18-15)19-2/h11,13H,3-10,12H2,1-2H3,(H,16,17,18). The number of hydrogen-bond acceptors (Lipinski definition) is 4. The molecule has 1 aromatic rings. The van der Waals surface area contributed by atoms with Crippen molar-refractivity contribution >= 4 is 5.95 Å². The first kappa shape index (κ1) is 15.7. The highest BCUT2D eigenvalue weighted by molar-refractivity contribution is 5.26. The van der Waals surface area contributed by atoms with E-state index in [0.29, 0.717) is 11.8 Å². The number of aromatic nitrogens is 2. The topological polar surface area (TPSA) is 47.0 Å². The first-order valence-corrected chi connectivity index (χ1v) is 7.47. The van der Waals surface area contributed by atoms with Crippen LogP contribution in [-0.2, 0) is 0 Å². The van der Waals surface area contributed by atoms with Gasteiger partial charge in [-0.25, -0.2) is 4.98 Å². The van der Waals surface area contributed by atoms with Gasteiger partial charge in [-0.3, -0.25) is 0 Å². The van der Waals surface area contributed by atoms with Crippen molar-refractivity contribution in [2.24, 2.45) is 0 Å². The van der Waals surface area contributed by atoms with Crippen LogP contribution in [0.25, 0.3) is 0 Å². The van der Waals surface area contributed by atoms with Gasteiger partial charge in [0, 0.05) is 18.8 Å². The summed E-state index contributed by atoms with van der Waals surface area (Å²) in [7, 11) is 1.62. The maximum atomic E-state index is 5.06. The van der Waals surface area contributed by atoms with Crippen LogP contribution >= 0.6 is 0 Å². The van der Waals surface area contributed by atoms with Gasteiger partial charge in [-0.05, 0) is 6.42 Å². The lowest BCUT2D eigenvalue weighted by atomic mass is 10.1. The number of rotatable bonds is 11. The van der Waals surface area contributed by atoms with Gasteiger partial charge in [0.15, 0.2) is 0 Å². The molecule has 0 saturated carbocycles. The molecule has 0 fully saturated rings. The van der Waals surface area contributed by atoms with Crippen LogP contribution in [0.3, 0.4) is 0 Å². The van der Waals surface area contributed by atoms with Crippen LogP contribution in [-0.4, -0.2) is 23.6 Å². The second-order valence-corrected chi connectivity index (χ2v) is 4.82. The van der Waals surface area contributed by atoms with Crippen LogP contribution in [0.1, 0.15) is 58.3 Å². The predicted molar refractivity (Wildman–Crippen MR) is 79.7 cm³/mol. The molecule has 4 nitrogen and oxygen atoms in total. The summed E-state index contributed by atoms with van der Waals surface area (Å²) in [5.41, 5.74) is 0. The van der Waals surface area contributed by atoms with Crippen molar-refractivity contribution in [3.05, 3.63) is 12.3 Å². The molecule has 0 spiro atoms. The van der Waals surface area contributed by atoms with Crippen LogP contribution < -0.4 is 10.1 Å².